The molecule has 1 aromatic carbocycles. The summed E-state index contributed by atoms with van der Waals surface area (Å²) in [5.74, 6) is 5.96. The van der Waals surface area contributed by atoms with Gasteiger partial charge in [-0.25, -0.2) is 0 Å². The minimum atomic E-state index is 0.00171. The summed E-state index contributed by atoms with van der Waals surface area (Å²) in [4.78, 5) is 11.5. The van der Waals surface area contributed by atoms with Gasteiger partial charge in [0, 0.05) is 13.0 Å². The highest BCUT2D eigenvalue weighted by atomic mass is 16.1. The van der Waals surface area contributed by atoms with Crippen LogP contribution in [0.25, 0.3) is 0 Å². The monoisotopic (exact) mass is 243 g/mol. The van der Waals surface area contributed by atoms with Crippen LogP contribution in [0, 0.1) is 11.8 Å². The second-order valence-electron chi connectivity index (χ2n) is 4.25. The number of unbranched alkanes of at least 4 members (excludes halogenated alkanes) is 3. The second kappa shape index (κ2) is 9.30. The van der Waals surface area contributed by atoms with Gasteiger partial charge in [0.05, 0.1) is 6.42 Å². The third-order valence-corrected chi connectivity index (χ3v) is 2.61. The molecule has 0 spiro atoms. The number of nitrogens with one attached hydrogen (secondary N) is 1. The summed E-state index contributed by atoms with van der Waals surface area (Å²) in [6.45, 7) is 2.75. The van der Waals surface area contributed by atoms with Crippen LogP contribution in [0.2, 0.25) is 0 Å². The standard InChI is InChI=1S/C16H21NO/c1-2-3-4-5-6-10-13-16(18)17-14-15-11-8-7-9-12-15/h7-9,11-12H,2-5,13-14H2,1H3,(H,17,18). The quantitative estimate of drug-likeness (QED) is 0.603. The molecule has 0 atom stereocenters. The van der Waals surface area contributed by atoms with Crippen LogP contribution in [0.5, 0.6) is 0 Å². The minimum Gasteiger partial charge on any atom is -0.351 e. The molecule has 0 bridgehead atoms. The van der Waals surface area contributed by atoms with Gasteiger partial charge in [0.1, 0.15) is 0 Å². The average molecular weight is 243 g/mol. The number of carbonyl (C=O) groups excluding carboxylic acids is 1. The fourth-order valence-electron chi connectivity index (χ4n) is 1.55. The molecular weight excluding hydrogens is 222 g/mol. The number of hydrogen-bond donors (Lipinski definition) is 1. The molecule has 1 aromatic rings. The van der Waals surface area contributed by atoms with Crippen LogP contribution >= 0.6 is 0 Å². The Morgan fingerprint density at radius 3 is 2.67 bits per heavy atom. The molecule has 0 saturated carbocycles. The lowest BCUT2D eigenvalue weighted by atomic mass is 10.2. The van der Waals surface area contributed by atoms with Crippen LogP contribution in [-0.4, -0.2) is 5.91 Å². The van der Waals surface area contributed by atoms with Crippen molar-refractivity contribution in [1.82, 2.24) is 5.32 Å². The fraction of sp³-hybridized carbons (Fsp3) is 0.438. The van der Waals surface area contributed by atoms with Gasteiger partial charge in [-0.1, -0.05) is 56.0 Å². The van der Waals surface area contributed by atoms with Gasteiger partial charge in [-0.05, 0) is 12.0 Å². The summed E-state index contributed by atoms with van der Waals surface area (Å²) in [6, 6.07) is 9.89. The van der Waals surface area contributed by atoms with Crippen LogP contribution in [0.3, 0.4) is 0 Å². The molecule has 0 fully saturated rings. The largest absolute Gasteiger partial charge is 0.351 e. The summed E-state index contributed by atoms with van der Waals surface area (Å²) in [5, 5.41) is 2.86. The van der Waals surface area contributed by atoms with Gasteiger partial charge in [0.15, 0.2) is 0 Å². The van der Waals surface area contributed by atoms with Gasteiger partial charge >= 0.3 is 0 Å². The molecule has 0 unspecified atom stereocenters. The van der Waals surface area contributed by atoms with Crippen LogP contribution in [-0.2, 0) is 11.3 Å². The Kier molecular flexibility index (Phi) is 7.39. The van der Waals surface area contributed by atoms with E-state index in [1.807, 2.05) is 30.3 Å². The molecular formula is C16H21NO. The lowest BCUT2D eigenvalue weighted by Crippen LogP contribution is -2.21. The lowest BCUT2D eigenvalue weighted by Gasteiger charge is -2.02. The molecule has 1 amide bonds. The van der Waals surface area contributed by atoms with Crippen LogP contribution < -0.4 is 5.32 Å². The Morgan fingerprint density at radius 1 is 1.17 bits per heavy atom. The van der Waals surface area contributed by atoms with Crippen LogP contribution in [0.15, 0.2) is 30.3 Å². The zero-order chi connectivity index (χ0) is 13.1. The van der Waals surface area contributed by atoms with E-state index in [9.17, 15) is 4.79 Å². The maximum absolute atomic E-state index is 11.5. The van der Waals surface area contributed by atoms with E-state index in [1.54, 1.807) is 0 Å². The van der Waals surface area contributed by atoms with Crippen molar-refractivity contribution in [2.24, 2.45) is 0 Å². The zero-order valence-electron chi connectivity index (χ0n) is 11.0. The SMILES string of the molecule is CCCCCC#CCC(=O)NCc1ccccc1. The molecule has 0 saturated heterocycles. The first-order valence-corrected chi connectivity index (χ1v) is 6.59. The van der Waals surface area contributed by atoms with Crippen molar-refractivity contribution in [3.8, 4) is 11.8 Å². The zero-order valence-corrected chi connectivity index (χ0v) is 11.0. The predicted octanol–water partition coefficient (Wildman–Crippen LogP) is 3.28. The normalized spacial score (nSPS) is 9.39. The molecule has 1 N–H and O–H groups in total. The van der Waals surface area contributed by atoms with Crippen molar-refractivity contribution >= 4 is 5.91 Å². The molecule has 0 aliphatic carbocycles. The maximum Gasteiger partial charge on any atom is 0.232 e. The lowest BCUT2D eigenvalue weighted by molar-refractivity contribution is -0.120. The first kappa shape index (κ1) is 14.3. The van der Waals surface area contributed by atoms with E-state index in [2.05, 4.69) is 24.1 Å². The Balaban J connectivity index is 2.14. The summed E-state index contributed by atoms with van der Waals surface area (Å²) < 4.78 is 0. The molecule has 18 heavy (non-hydrogen) atoms. The van der Waals surface area contributed by atoms with Gasteiger partial charge in [-0.15, -0.1) is 5.92 Å². The molecule has 2 heteroatoms. The average Bonchev–Trinajstić information content (AvgIpc) is 2.41. The van der Waals surface area contributed by atoms with E-state index in [0.717, 1.165) is 18.4 Å². The Labute approximate surface area is 110 Å². The first-order chi connectivity index (χ1) is 8.83. The minimum absolute atomic E-state index is 0.00171. The number of rotatable bonds is 6. The van der Waals surface area contributed by atoms with Crippen molar-refractivity contribution in [3.05, 3.63) is 35.9 Å². The third kappa shape index (κ3) is 6.75. The number of benzene rings is 1. The Morgan fingerprint density at radius 2 is 1.94 bits per heavy atom. The number of amides is 1. The van der Waals surface area contributed by atoms with Crippen molar-refractivity contribution in [1.29, 1.82) is 0 Å². The third-order valence-electron chi connectivity index (χ3n) is 2.61. The fourth-order valence-corrected chi connectivity index (χ4v) is 1.55. The van der Waals surface area contributed by atoms with E-state index in [4.69, 9.17) is 0 Å². The molecule has 0 aliphatic heterocycles. The van der Waals surface area contributed by atoms with Crippen LogP contribution in [0.4, 0.5) is 0 Å². The maximum atomic E-state index is 11.5. The predicted molar refractivity (Wildman–Crippen MR) is 74.8 cm³/mol. The van der Waals surface area contributed by atoms with Gasteiger partial charge < -0.3 is 5.32 Å². The summed E-state index contributed by atoms with van der Waals surface area (Å²) in [6.07, 6.45) is 4.77. The first-order valence-electron chi connectivity index (χ1n) is 6.59. The summed E-state index contributed by atoms with van der Waals surface area (Å²) in [5.41, 5.74) is 1.11. The Bertz CT molecular complexity index is 400. The molecule has 96 valence electrons. The molecule has 0 aliphatic rings. The molecule has 0 radical (unpaired) electrons. The van der Waals surface area contributed by atoms with Gasteiger partial charge in [0.2, 0.25) is 5.91 Å². The number of hydrogen-bond acceptors (Lipinski definition) is 1. The van der Waals surface area contributed by atoms with Crippen molar-refractivity contribution in [2.45, 2.75) is 45.6 Å². The molecule has 1 rings (SSSR count). The van der Waals surface area contributed by atoms with E-state index < -0.39 is 0 Å². The van der Waals surface area contributed by atoms with Crippen molar-refractivity contribution < 1.29 is 4.79 Å². The molecule has 0 aromatic heterocycles. The van der Waals surface area contributed by atoms with E-state index >= 15 is 0 Å². The van der Waals surface area contributed by atoms with E-state index in [0.29, 0.717) is 13.0 Å². The van der Waals surface area contributed by atoms with Gasteiger partial charge in [-0.2, -0.15) is 0 Å². The molecule has 0 heterocycles. The summed E-state index contributed by atoms with van der Waals surface area (Å²) >= 11 is 0. The van der Waals surface area contributed by atoms with Crippen molar-refractivity contribution in [2.75, 3.05) is 0 Å². The highest BCUT2D eigenvalue weighted by Crippen LogP contribution is 1.98. The van der Waals surface area contributed by atoms with Crippen molar-refractivity contribution in [3.63, 3.8) is 0 Å². The topological polar surface area (TPSA) is 29.1 Å². The highest BCUT2D eigenvalue weighted by Gasteiger charge is 1.97. The van der Waals surface area contributed by atoms with E-state index in [-0.39, 0.29) is 5.91 Å². The van der Waals surface area contributed by atoms with E-state index in [1.165, 1.54) is 12.8 Å². The summed E-state index contributed by atoms with van der Waals surface area (Å²) in [7, 11) is 0. The van der Waals surface area contributed by atoms with Gasteiger partial charge in [0.25, 0.3) is 0 Å². The smallest absolute Gasteiger partial charge is 0.232 e. The van der Waals surface area contributed by atoms with Gasteiger partial charge in [-0.3, -0.25) is 4.79 Å². The highest BCUT2D eigenvalue weighted by molar-refractivity contribution is 5.78. The Hall–Kier alpha value is -1.75. The van der Waals surface area contributed by atoms with Crippen LogP contribution in [0.1, 0.15) is 44.6 Å². The second-order valence-corrected chi connectivity index (χ2v) is 4.25. The number of carbonyl (C=O) groups is 1. The molecule has 2 nitrogen and oxygen atoms in total.